The smallest absolute Gasteiger partial charge is 0.308 e. The standard InChI is InChI=1S/C10H14F6N2O2/c1-4-8(17,5(2)3)18(6(19)9(11,12)13)7(20)10(14,15)16/h5H,4,17H2,1-3H3. The van der Waals surface area contributed by atoms with Crippen LogP contribution < -0.4 is 5.73 Å². The average molecular weight is 308 g/mol. The van der Waals surface area contributed by atoms with Crippen LogP contribution in [-0.2, 0) is 9.59 Å². The van der Waals surface area contributed by atoms with Gasteiger partial charge in [-0.25, -0.2) is 4.90 Å². The molecule has 20 heavy (non-hydrogen) atoms. The molecule has 0 aromatic rings. The number of rotatable bonds is 3. The number of hydrogen-bond donors (Lipinski definition) is 1. The van der Waals surface area contributed by atoms with Crippen molar-refractivity contribution in [2.45, 2.75) is 45.2 Å². The number of nitrogens with zero attached hydrogens (tertiary/aromatic N) is 1. The molecule has 0 rings (SSSR count). The summed E-state index contributed by atoms with van der Waals surface area (Å²) in [5, 5.41) is 0. The normalized spacial score (nSPS) is 15.9. The summed E-state index contributed by atoms with van der Waals surface area (Å²) < 4.78 is 74.5. The van der Waals surface area contributed by atoms with Crippen molar-refractivity contribution >= 4 is 11.8 Å². The molecule has 0 radical (unpaired) electrons. The van der Waals surface area contributed by atoms with Gasteiger partial charge in [0.2, 0.25) is 0 Å². The van der Waals surface area contributed by atoms with Gasteiger partial charge in [0.25, 0.3) is 0 Å². The molecule has 0 aromatic carbocycles. The Morgan fingerprint density at radius 3 is 1.45 bits per heavy atom. The van der Waals surface area contributed by atoms with E-state index in [2.05, 4.69) is 0 Å². The monoisotopic (exact) mass is 308 g/mol. The first-order valence-corrected chi connectivity index (χ1v) is 5.51. The van der Waals surface area contributed by atoms with E-state index in [9.17, 15) is 35.9 Å². The highest BCUT2D eigenvalue weighted by atomic mass is 19.4. The number of nitrogens with two attached hydrogens (primary N) is 1. The second kappa shape index (κ2) is 5.58. The molecule has 118 valence electrons. The molecule has 0 spiro atoms. The van der Waals surface area contributed by atoms with Crippen LogP contribution in [0.3, 0.4) is 0 Å². The van der Waals surface area contributed by atoms with Gasteiger partial charge in [-0.1, -0.05) is 20.8 Å². The Bertz CT molecular complexity index is 364. The van der Waals surface area contributed by atoms with Gasteiger partial charge in [-0.2, -0.15) is 26.3 Å². The second-order valence-electron chi connectivity index (χ2n) is 4.44. The molecule has 4 nitrogen and oxygen atoms in total. The molecule has 0 fully saturated rings. The molecular weight excluding hydrogens is 294 g/mol. The third kappa shape index (κ3) is 3.62. The van der Waals surface area contributed by atoms with Crippen molar-refractivity contribution in [2.24, 2.45) is 11.7 Å². The van der Waals surface area contributed by atoms with Gasteiger partial charge in [0.05, 0.1) is 0 Å². The Labute approximate surface area is 110 Å². The molecule has 0 aliphatic carbocycles. The minimum Gasteiger partial charge on any atom is -0.308 e. The maximum absolute atomic E-state index is 12.4. The highest BCUT2D eigenvalue weighted by molar-refractivity contribution is 6.01. The third-order valence-electron chi connectivity index (χ3n) is 2.87. The van der Waals surface area contributed by atoms with Crippen LogP contribution in [-0.4, -0.2) is 34.7 Å². The number of carbonyl (C=O) groups excluding carboxylic acids is 2. The molecular formula is C10H14F6N2O2. The third-order valence-corrected chi connectivity index (χ3v) is 2.87. The second-order valence-corrected chi connectivity index (χ2v) is 4.44. The molecule has 0 saturated carbocycles. The largest absolute Gasteiger partial charge is 0.471 e. The number of amides is 2. The van der Waals surface area contributed by atoms with E-state index in [0.717, 1.165) is 0 Å². The Kier molecular flexibility index (Phi) is 5.22. The summed E-state index contributed by atoms with van der Waals surface area (Å²) >= 11 is 0. The lowest BCUT2D eigenvalue weighted by Crippen LogP contribution is -2.67. The molecule has 0 heterocycles. The topological polar surface area (TPSA) is 63.4 Å². The number of halogens is 6. The van der Waals surface area contributed by atoms with Crippen LogP contribution in [0.25, 0.3) is 0 Å². The van der Waals surface area contributed by atoms with Crippen LogP contribution >= 0.6 is 0 Å². The summed E-state index contributed by atoms with van der Waals surface area (Å²) in [6.07, 6.45) is -11.8. The van der Waals surface area contributed by atoms with Crippen LogP contribution in [0.5, 0.6) is 0 Å². The van der Waals surface area contributed by atoms with E-state index in [1.165, 1.54) is 20.8 Å². The molecule has 0 aliphatic heterocycles. The number of carbonyl (C=O) groups is 2. The van der Waals surface area contributed by atoms with Crippen molar-refractivity contribution in [1.82, 2.24) is 4.90 Å². The highest BCUT2D eigenvalue weighted by Crippen LogP contribution is 2.32. The van der Waals surface area contributed by atoms with Gasteiger partial charge in [0.15, 0.2) is 0 Å². The Morgan fingerprint density at radius 2 is 1.30 bits per heavy atom. The maximum atomic E-state index is 12.4. The molecule has 1 unspecified atom stereocenters. The zero-order valence-corrected chi connectivity index (χ0v) is 10.9. The minimum absolute atomic E-state index is 0.464. The fraction of sp³-hybridized carbons (Fsp3) is 0.800. The molecule has 0 aromatic heterocycles. The first kappa shape index (κ1) is 18.7. The molecule has 0 saturated heterocycles. The van der Waals surface area contributed by atoms with Gasteiger partial charge in [-0.15, -0.1) is 0 Å². The van der Waals surface area contributed by atoms with E-state index in [-0.39, 0.29) is 0 Å². The summed E-state index contributed by atoms with van der Waals surface area (Å²) in [4.78, 5) is 21.4. The minimum atomic E-state index is -5.64. The number of hydrogen-bond acceptors (Lipinski definition) is 3. The van der Waals surface area contributed by atoms with E-state index in [1.54, 1.807) is 0 Å². The summed E-state index contributed by atoms with van der Waals surface area (Å²) in [6.45, 7) is 3.61. The summed E-state index contributed by atoms with van der Waals surface area (Å²) in [5.74, 6) is -6.87. The fourth-order valence-electron chi connectivity index (χ4n) is 1.55. The first-order chi connectivity index (χ1) is 8.69. The molecule has 0 aliphatic rings. The zero-order chi connectivity index (χ0) is 16.5. The van der Waals surface area contributed by atoms with Crippen LogP contribution in [0.4, 0.5) is 26.3 Å². The van der Waals surface area contributed by atoms with Crippen molar-refractivity contribution in [2.75, 3.05) is 0 Å². The van der Waals surface area contributed by atoms with Gasteiger partial charge in [0, 0.05) is 0 Å². The Hall–Kier alpha value is -1.32. The van der Waals surface area contributed by atoms with Gasteiger partial charge >= 0.3 is 24.2 Å². The molecule has 2 amide bonds. The van der Waals surface area contributed by atoms with Crippen LogP contribution in [0.1, 0.15) is 27.2 Å². The maximum Gasteiger partial charge on any atom is 0.471 e. The van der Waals surface area contributed by atoms with Gasteiger partial charge < -0.3 is 5.73 Å². The first-order valence-electron chi connectivity index (χ1n) is 5.51. The average Bonchev–Trinajstić information content (AvgIpc) is 2.25. The van der Waals surface area contributed by atoms with Crippen LogP contribution in [0.15, 0.2) is 0 Å². The molecule has 0 bridgehead atoms. The highest BCUT2D eigenvalue weighted by Gasteiger charge is 2.58. The molecule has 1 atom stereocenters. The summed E-state index contributed by atoms with van der Waals surface area (Å²) in [5.41, 5.74) is 3.07. The van der Waals surface area contributed by atoms with Crippen molar-refractivity contribution in [1.29, 1.82) is 0 Å². The van der Waals surface area contributed by atoms with E-state index in [1.807, 2.05) is 0 Å². The lowest BCUT2D eigenvalue weighted by atomic mass is 9.91. The van der Waals surface area contributed by atoms with E-state index in [4.69, 9.17) is 5.73 Å². The van der Waals surface area contributed by atoms with Gasteiger partial charge in [-0.3, -0.25) is 9.59 Å². The summed E-state index contributed by atoms with van der Waals surface area (Å²) in [6, 6.07) is 0. The predicted octanol–water partition coefficient (Wildman–Crippen LogP) is 2.19. The Balaban J connectivity index is 5.98. The molecule has 10 heteroatoms. The lowest BCUT2D eigenvalue weighted by Gasteiger charge is -2.42. The number of alkyl halides is 6. The SMILES string of the molecule is CCC(N)(C(C)C)N(C(=O)C(F)(F)F)C(=O)C(F)(F)F. The quantitative estimate of drug-likeness (QED) is 0.642. The van der Waals surface area contributed by atoms with Crippen molar-refractivity contribution in [3.8, 4) is 0 Å². The van der Waals surface area contributed by atoms with Crippen LogP contribution in [0, 0.1) is 5.92 Å². The van der Waals surface area contributed by atoms with E-state index in [0.29, 0.717) is 0 Å². The van der Waals surface area contributed by atoms with Crippen molar-refractivity contribution in [3.63, 3.8) is 0 Å². The zero-order valence-electron chi connectivity index (χ0n) is 10.9. The summed E-state index contributed by atoms with van der Waals surface area (Å²) in [7, 11) is 0. The van der Waals surface area contributed by atoms with Crippen molar-refractivity contribution in [3.05, 3.63) is 0 Å². The van der Waals surface area contributed by atoms with E-state index < -0.39 is 47.1 Å². The lowest BCUT2D eigenvalue weighted by molar-refractivity contribution is -0.214. The molecule has 2 N–H and O–H groups in total. The number of imide groups is 1. The van der Waals surface area contributed by atoms with Crippen molar-refractivity contribution < 1.29 is 35.9 Å². The predicted molar refractivity (Wildman–Crippen MR) is 56.0 cm³/mol. The van der Waals surface area contributed by atoms with Gasteiger partial charge in [0.1, 0.15) is 5.66 Å². The fourth-order valence-corrected chi connectivity index (χ4v) is 1.55. The van der Waals surface area contributed by atoms with Crippen LogP contribution in [0.2, 0.25) is 0 Å². The van der Waals surface area contributed by atoms with E-state index >= 15 is 0 Å². The Morgan fingerprint density at radius 1 is 1.00 bits per heavy atom. The van der Waals surface area contributed by atoms with Gasteiger partial charge in [-0.05, 0) is 12.3 Å².